The molecule has 0 heterocycles. The lowest BCUT2D eigenvalue weighted by Gasteiger charge is -2.05. The van der Waals surface area contributed by atoms with Crippen molar-refractivity contribution in [2.24, 2.45) is 5.34 Å². The standard InChI is InChI=1S/C11H13NO5/c13-11(14)8-9-2-4-10(5-3-9)16-6-1-7-17-12-15/h2-5H,1,6-8H2,(H,13,14). The van der Waals surface area contributed by atoms with E-state index in [0.29, 0.717) is 18.8 Å². The lowest BCUT2D eigenvalue weighted by molar-refractivity contribution is -0.136. The Hall–Kier alpha value is -2.11. The van der Waals surface area contributed by atoms with E-state index in [1.165, 1.54) is 0 Å². The van der Waals surface area contributed by atoms with Crippen LogP contribution in [0.25, 0.3) is 0 Å². The topological polar surface area (TPSA) is 85.2 Å². The molecule has 92 valence electrons. The van der Waals surface area contributed by atoms with Crippen LogP contribution in [0.3, 0.4) is 0 Å². The van der Waals surface area contributed by atoms with Crippen molar-refractivity contribution >= 4 is 5.97 Å². The average molecular weight is 239 g/mol. The Kier molecular flexibility index (Phi) is 5.50. The summed E-state index contributed by atoms with van der Waals surface area (Å²) in [5, 5.41) is 10.8. The average Bonchev–Trinajstić information content (AvgIpc) is 2.30. The molecule has 17 heavy (non-hydrogen) atoms. The fourth-order valence-electron chi connectivity index (χ4n) is 1.23. The molecule has 0 aliphatic carbocycles. The van der Waals surface area contributed by atoms with E-state index in [4.69, 9.17) is 9.84 Å². The van der Waals surface area contributed by atoms with Gasteiger partial charge in [-0.1, -0.05) is 12.1 Å². The van der Waals surface area contributed by atoms with Gasteiger partial charge in [-0.05, 0) is 17.7 Å². The molecule has 0 aromatic heterocycles. The van der Waals surface area contributed by atoms with E-state index in [-0.39, 0.29) is 13.0 Å². The second kappa shape index (κ2) is 7.21. The summed E-state index contributed by atoms with van der Waals surface area (Å²) >= 11 is 0. The first-order valence-electron chi connectivity index (χ1n) is 5.10. The highest BCUT2D eigenvalue weighted by Gasteiger charge is 2.00. The van der Waals surface area contributed by atoms with Crippen LogP contribution >= 0.6 is 0 Å². The minimum Gasteiger partial charge on any atom is -0.493 e. The third kappa shape index (κ3) is 5.50. The van der Waals surface area contributed by atoms with E-state index >= 15 is 0 Å². The number of rotatable bonds is 8. The zero-order valence-corrected chi connectivity index (χ0v) is 9.17. The number of aliphatic carboxylic acids is 1. The third-order valence-electron chi connectivity index (χ3n) is 1.98. The minimum atomic E-state index is -0.864. The molecular formula is C11H13NO5. The predicted molar refractivity (Wildman–Crippen MR) is 59.6 cm³/mol. The highest BCUT2D eigenvalue weighted by molar-refractivity contribution is 5.70. The maximum atomic E-state index is 10.4. The molecule has 1 N–H and O–H groups in total. The maximum absolute atomic E-state index is 10.4. The van der Waals surface area contributed by atoms with Gasteiger partial charge in [-0.15, -0.1) is 4.91 Å². The number of carboxylic acids is 1. The van der Waals surface area contributed by atoms with Crippen molar-refractivity contribution in [3.05, 3.63) is 34.7 Å². The molecule has 0 saturated carbocycles. The van der Waals surface area contributed by atoms with Crippen molar-refractivity contribution in [1.82, 2.24) is 0 Å². The normalized spacial score (nSPS) is 9.65. The van der Waals surface area contributed by atoms with Crippen LogP contribution in [0.5, 0.6) is 5.75 Å². The van der Waals surface area contributed by atoms with Crippen LogP contribution in [0.15, 0.2) is 29.6 Å². The van der Waals surface area contributed by atoms with E-state index in [0.717, 1.165) is 5.56 Å². The van der Waals surface area contributed by atoms with Gasteiger partial charge in [0.1, 0.15) is 12.4 Å². The van der Waals surface area contributed by atoms with Crippen LogP contribution in [0.2, 0.25) is 0 Å². The maximum Gasteiger partial charge on any atom is 0.307 e. The summed E-state index contributed by atoms with van der Waals surface area (Å²) < 4.78 is 5.34. The highest BCUT2D eigenvalue weighted by Crippen LogP contribution is 2.12. The smallest absolute Gasteiger partial charge is 0.307 e. The van der Waals surface area contributed by atoms with Crippen LogP contribution in [-0.4, -0.2) is 24.3 Å². The Morgan fingerprint density at radius 1 is 1.24 bits per heavy atom. The van der Waals surface area contributed by atoms with Crippen molar-refractivity contribution in [1.29, 1.82) is 0 Å². The molecule has 6 heteroatoms. The van der Waals surface area contributed by atoms with E-state index in [9.17, 15) is 9.70 Å². The fourth-order valence-corrected chi connectivity index (χ4v) is 1.23. The Morgan fingerprint density at radius 3 is 2.53 bits per heavy atom. The summed E-state index contributed by atoms with van der Waals surface area (Å²) in [5.41, 5.74) is 0.721. The summed E-state index contributed by atoms with van der Waals surface area (Å²) in [6.07, 6.45) is 0.557. The number of benzene rings is 1. The van der Waals surface area contributed by atoms with E-state index in [2.05, 4.69) is 10.2 Å². The van der Waals surface area contributed by atoms with Crippen molar-refractivity contribution in [2.75, 3.05) is 13.2 Å². The zero-order chi connectivity index (χ0) is 12.5. The second-order valence-electron chi connectivity index (χ2n) is 3.32. The largest absolute Gasteiger partial charge is 0.493 e. The summed E-state index contributed by atoms with van der Waals surface area (Å²) in [4.78, 5) is 24.3. The van der Waals surface area contributed by atoms with Gasteiger partial charge < -0.3 is 14.7 Å². The monoisotopic (exact) mass is 239 g/mol. The van der Waals surface area contributed by atoms with Crippen LogP contribution in [-0.2, 0) is 16.1 Å². The molecule has 0 atom stereocenters. The van der Waals surface area contributed by atoms with Crippen LogP contribution in [0.4, 0.5) is 0 Å². The molecule has 0 radical (unpaired) electrons. The lowest BCUT2D eigenvalue weighted by atomic mass is 10.1. The molecule has 0 fully saturated rings. The minimum absolute atomic E-state index is 0.000869. The number of nitrogens with zero attached hydrogens (tertiary/aromatic N) is 1. The van der Waals surface area contributed by atoms with E-state index < -0.39 is 5.97 Å². The van der Waals surface area contributed by atoms with Gasteiger partial charge in [-0.25, -0.2) is 0 Å². The quantitative estimate of drug-likeness (QED) is 0.424. The van der Waals surface area contributed by atoms with Gasteiger partial charge in [0.2, 0.25) is 0 Å². The van der Waals surface area contributed by atoms with Gasteiger partial charge in [-0.2, -0.15) is 0 Å². The Balaban J connectivity index is 2.30. The molecule has 0 bridgehead atoms. The third-order valence-corrected chi connectivity index (χ3v) is 1.98. The van der Waals surface area contributed by atoms with Crippen molar-refractivity contribution < 1.29 is 19.5 Å². The first-order valence-corrected chi connectivity index (χ1v) is 5.10. The number of carboxylic acid groups (broad SMARTS) is 1. The van der Waals surface area contributed by atoms with Gasteiger partial charge in [0.15, 0.2) is 5.34 Å². The molecule has 1 aromatic carbocycles. The molecule has 0 unspecified atom stereocenters. The molecule has 0 aliphatic heterocycles. The van der Waals surface area contributed by atoms with E-state index in [1.807, 2.05) is 0 Å². The Labute approximate surface area is 98.1 Å². The number of hydrogen-bond donors (Lipinski definition) is 1. The van der Waals surface area contributed by atoms with Gasteiger partial charge >= 0.3 is 5.97 Å². The number of carbonyl (C=O) groups is 1. The lowest BCUT2D eigenvalue weighted by Crippen LogP contribution is -2.02. The second-order valence-corrected chi connectivity index (χ2v) is 3.32. The molecule has 1 rings (SSSR count). The van der Waals surface area contributed by atoms with Crippen molar-refractivity contribution in [3.8, 4) is 5.75 Å². The number of ether oxygens (including phenoxy) is 1. The van der Waals surface area contributed by atoms with Gasteiger partial charge in [0, 0.05) is 6.42 Å². The molecule has 0 amide bonds. The summed E-state index contributed by atoms with van der Waals surface area (Å²) in [6.45, 7) is 0.633. The van der Waals surface area contributed by atoms with E-state index in [1.54, 1.807) is 24.3 Å². The van der Waals surface area contributed by atoms with Crippen LogP contribution < -0.4 is 4.74 Å². The van der Waals surface area contributed by atoms with Crippen LogP contribution in [0, 0.1) is 4.91 Å². The van der Waals surface area contributed by atoms with Gasteiger partial charge in [0.05, 0.1) is 13.0 Å². The van der Waals surface area contributed by atoms with Gasteiger partial charge in [-0.3, -0.25) is 4.79 Å². The molecule has 6 nitrogen and oxygen atoms in total. The van der Waals surface area contributed by atoms with Crippen molar-refractivity contribution in [2.45, 2.75) is 12.8 Å². The first kappa shape index (κ1) is 13.0. The highest BCUT2D eigenvalue weighted by atomic mass is 16.7. The predicted octanol–water partition coefficient (Wildman–Crippen LogP) is 1.78. The SMILES string of the molecule is O=NOCCCOc1ccc(CC(=O)O)cc1. The first-order chi connectivity index (χ1) is 8.22. The summed E-state index contributed by atoms with van der Waals surface area (Å²) in [6, 6.07) is 6.81. The fraction of sp³-hybridized carbons (Fsp3) is 0.364. The Morgan fingerprint density at radius 2 is 1.94 bits per heavy atom. The number of hydrogen-bond acceptors (Lipinski definition) is 5. The zero-order valence-electron chi connectivity index (χ0n) is 9.17. The van der Waals surface area contributed by atoms with Gasteiger partial charge in [0.25, 0.3) is 0 Å². The molecule has 0 spiro atoms. The Bertz CT molecular complexity index is 363. The van der Waals surface area contributed by atoms with Crippen molar-refractivity contribution in [3.63, 3.8) is 0 Å². The van der Waals surface area contributed by atoms with Crippen LogP contribution in [0.1, 0.15) is 12.0 Å². The summed E-state index contributed by atoms with van der Waals surface area (Å²) in [7, 11) is 0. The molecule has 0 aliphatic rings. The molecular weight excluding hydrogens is 226 g/mol. The molecule has 0 saturated heterocycles. The summed E-state index contributed by atoms with van der Waals surface area (Å²) in [5.74, 6) is -0.213. The molecule has 1 aromatic rings.